The number of amides is 2. The van der Waals surface area contributed by atoms with E-state index in [1.807, 2.05) is 42.7 Å². The third-order valence-electron chi connectivity index (χ3n) is 5.82. The van der Waals surface area contributed by atoms with Gasteiger partial charge in [0, 0.05) is 55.5 Å². The lowest BCUT2D eigenvalue weighted by atomic mass is 9.95. The molecule has 4 heterocycles. The molecule has 0 saturated carbocycles. The van der Waals surface area contributed by atoms with Crippen LogP contribution in [0.1, 0.15) is 51.8 Å². The van der Waals surface area contributed by atoms with Crippen LogP contribution in [0.3, 0.4) is 0 Å². The SMILES string of the molecule is CC(C)(C)N1C[C@@H](C(=O)N2CCC(c3noc(-c4ccncc4)n3)CC2)CC1=O. The molecule has 2 aliphatic heterocycles. The fourth-order valence-corrected chi connectivity index (χ4v) is 4.15. The van der Waals surface area contributed by atoms with Crippen molar-refractivity contribution in [3.8, 4) is 11.5 Å². The normalized spacial score (nSPS) is 21.1. The highest BCUT2D eigenvalue weighted by Gasteiger charge is 2.41. The van der Waals surface area contributed by atoms with E-state index in [1.165, 1.54) is 0 Å². The van der Waals surface area contributed by atoms with Crippen molar-refractivity contribution < 1.29 is 14.1 Å². The molecule has 2 aromatic rings. The molecule has 154 valence electrons. The molecule has 2 aromatic heterocycles. The second kappa shape index (κ2) is 7.57. The number of nitrogens with zero attached hydrogens (tertiary/aromatic N) is 5. The monoisotopic (exact) mass is 397 g/mol. The predicted octanol–water partition coefficient (Wildman–Crippen LogP) is 2.48. The van der Waals surface area contributed by atoms with E-state index in [1.54, 1.807) is 12.4 Å². The van der Waals surface area contributed by atoms with Crippen LogP contribution >= 0.6 is 0 Å². The number of aromatic nitrogens is 3. The molecule has 8 heteroatoms. The van der Waals surface area contributed by atoms with Crippen LogP contribution in [0, 0.1) is 5.92 Å². The second-order valence-corrected chi connectivity index (χ2v) is 8.87. The van der Waals surface area contributed by atoms with Gasteiger partial charge in [-0.15, -0.1) is 0 Å². The molecular formula is C21H27N5O3. The Morgan fingerprint density at radius 3 is 2.48 bits per heavy atom. The summed E-state index contributed by atoms with van der Waals surface area (Å²) in [5, 5.41) is 4.15. The lowest BCUT2D eigenvalue weighted by molar-refractivity contribution is -0.136. The van der Waals surface area contributed by atoms with Gasteiger partial charge in [-0.2, -0.15) is 4.98 Å². The van der Waals surface area contributed by atoms with E-state index < -0.39 is 0 Å². The van der Waals surface area contributed by atoms with E-state index in [9.17, 15) is 9.59 Å². The van der Waals surface area contributed by atoms with Gasteiger partial charge in [0.1, 0.15) is 0 Å². The second-order valence-electron chi connectivity index (χ2n) is 8.87. The van der Waals surface area contributed by atoms with Crippen LogP contribution in [0.5, 0.6) is 0 Å². The summed E-state index contributed by atoms with van der Waals surface area (Å²) < 4.78 is 5.40. The molecule has 2 saturated heterocycles. The summed E-state index contributed by atoms with van der Waals surface area (Å²) in [7, 11) is 0. The molecule has 29 heavy (non-hydrogen) atoms. The minimum Gasteiger partial charge on any atom is -0.342 e. The number of carbonyl (C=O) groups excluding carboxylic acids is 2. The van der Waals surface area contributed by atoms with E-state index in [2.05, 4.69) is 15.1 Å². The maximum absolute atomic E-state index is 12.9. The molecule has 2 fully saturated rings. The minimum atomic E-state index is -0.246. The maximum Gasteiger partial charge on any atom is 0.258 e. The molecular weight excluding hydrogens is 370 g/mol. The van der Waals surface area contributed by atoms with Gasteiger partial charge < -0.3 is 14.3 Å². The quantitative estimate of drug-likeness (QED) is 0.790. The molecule has 0 radical (unpaired) electrons. The van der Waals surface area contributed by atoms with Gasteiger partial charge in [0.05, 0.1) is 5.92 Å². The Morgan fingerprint density at radius 1 is 1.17 bits per heavy atom. The minimum absolute atomic E-state index is 0.0705. The summed E-state index contributed by atoms with van der Waals surface area (Å²) in [5.74, 6) is 1.29. The molecule has 0 aromatic carbocycles. The highest BCUT2D eigenvalue weighted by Crippen LogP contribution is 2.31. The van der Waals surface area contributed by atoms with Crippen LogP contribution in [-0.2, 0) is 9.59 Å². The maximum atomic E-state index is 12.9. The van der Waals surface area contributed by atoms with E-state index in [-0.39, 0.29) is 29.2 Å². The van der Waals surface area contributed by atoms with Crippen molar-refractivity contribution >= 4 is 11.8 Å². The molecule has 0 N–H and O–H groups in total. The Labute approximate surface area is 170 Å². The summed E-state index contributed by atoms with van der Waals surface area (Å²) in [6.07, 6.45) is 5.29. The summed E-state index contributed by atoms with van der Waals surface area (Å²) in [4.78, 5) is 37.5. The van der Waals surface area contributed by atoms with Crippen LogP contribution in [-0.4, -0.2) is 61.9 Å². The van der Waals surface area contributed by atoms with Crippen LogP contribution in [0.25, 0.3) is 11.5 Å². The van der Waals surface area contributed by atoms with E-state index in [0.717, 1.165) is 18.4 Å². The van der Waals surface area contributed by atoms with E-state index in [4.69, 9.17) is 4.52 Å². The average molecular weight is 397 g/mol. The average Bonchev–Trinajstić information content (AvgIpc) is 3.35. The van der Waals surface area contributed by atoms with Gasteiger partial charge in [-0.3, -0.25) is 14.6 Å². The van der Waals surface area contributed by atoms with Gasteiger partial charge >= 0.3 is 0 Å². The first kappa shape index (κ1) is 19.5. The summed E-state index contributed by atoms with van der Waals surface area (Å²) in [6.45, 7) is 7.85. The molecule has 2 amide bonds. The zero-order valence-corrected chi connectivity index (χ0v) is 17.2. The topological polar surface area (TPSA) is 92.4 Å². The zero-order valence-electron chi connectivity index (χ0n) is 17.2. The molecule has 4 rings (SSSR count). The smallest absolute Gasteiger partial charge is 0.258 e. The summed E-state index contributed by atoms with van der Waals surface area (Å²) in [6, 6.07) is 3.67. The number of hydrogen-bond donors (Lipinski definition) is 0. The number of piperidine rings is 1. The van der Waals surface area contributed by atoms with Crippen molar-refractivity contribution in [2.24, 2.45) is 5.92 Å². The highest BCUT2D eigenvalue weighted by molar-refractivity contribution is 5.89. The van der Waals surface area contributed by atoms with Gasteiger partial charge in [0.15, 0.2) is 5.82 Å². The molecule has 2 aliphatic rings. The molecule has 0 bridgehead atoms. The number of rotatable bonds is 3. The van der Waals surface area contributed by atoms with Crippen LogP contribution in [0.4, 0.5) is 0 Å². The van der Waals surface area contributed by atoms with Crippen molar-refractivity contribution in [3.63, 3.8) is 0 Å². The van der Waals surface area contributed by atoms with Crippen molar-refractivity contribution in [3.05, 3.63) is 30.4 Å². The van der Waals surface area contributed by atoms with Gasteiger partial charge in [0.25, 0.3) is 5.89 Å². The zero-order chi connectivity index (χ0) is 20.6. The van der Waals surface area contributed by atoms with Crippen molar-refractivity contribution in [1.82, 2.24) is 24.9 Å². The first-order valence-corrected chi connectivity index (χ1v) is 10.2. The Bertz CT molecular complexity index is 881. The van der Waals surface area contributed by atoms with Gasteiger partial charge in [-0.05, 0) is 45.7 Å². The van der Waals surface area contributed by atoms with Crippen LogP contribution in [0.15, 0.2) is 29.0 Å². The molecule has 0 unspecified atom stereocenters. The number of carbonyl (C=O) groups is 2. The predicted molar refractivity (Wildman–Crippen MR) is 106 cm³/mol. The fourth-order valence-electron chi connectivity index (χ4n) is 4.15. The van der Waals surface area contributed by atoms with Crippen molar-refractivity contribution in [1.29, 1.82) is 0 Å². The van der Waals surface area contributed by atoms with E-state index >= 15 is 0 Å². The van der Waals surface area contributed by atoms with Crippen LogP contribution in [0.2, 0.25) is 0 Å². The van der Waals surface area contributed by atoms with Crippen molar-refractivity contribution in [2.45, 2.75) is 51.5 Å². The number of pyridine rings is 1. The Kier molecular flexibility index (Phi) is 5.10. The first-order chi connectivity index (χ1) is 13.8. The van der Waals surface area contributed by atoms with E-state index in [0.29, 0.717) is 37.8 Å². The standard InChI is InChI=1S/C21H27N5O3/c1-21(2,3)26-13-16(12-17(26)27)20(28)25-10-6-14(7-11-25)18-23-19(29-24-18)15-4-8-22-9-5-15/h4-5,8-9,14,16H,6-7,10-13H2,1-3H3/t16-/m0/s1. The number of likely N-dealkylation sites (tertiary alicyclic amines) is 2. The summed E-state index contributed by atoms with van der Waals surface area (Å²) in [5.41, 5.74) is 0.602. The molecule has 8 nitrogen and oxygen atoms in total. The highest BCUT2D eigenvalue weighted by atomic mass is 16.5. The lowest BCUT2D eigenvalue weighted by Crippen LogP contribution is -2.45. The van der Waals surface area contributed by atoms with Gasteiger partial charge in [-0.25, -0.2) is 0 Å². The summed E-state index contributed by atoms with van der Waals surface area (Å²) >= 11 is 0. The Balaban J connectivity index is 1.35. The van der Waals surface area contributed by atoms with Gasteiger partial charge in [0.2, 0.25) is 11.8 Å². The fraction of sp³-hybridized carbons (Fsp3) is 0.571. The van der Waals surface area contributed by atoms with Crippen molar-refractivity contribution in [2.75, 3.05) is 19.6 Å². The first-order valence-electron chi connectivity index (χ1n) is 10.2. The van der Waals surface area contributed by atoms with Gasteiger partial charge in [-0.1, -0.05) is 5.16 Å². The third kappa shape index (κ3) is 4.02. The third-order valence-corrected chi connectivity index (χ3v) is 5.82. The largest absolute Gasteiger partial charge is 0.342 e. The van der Waals surface area contributed by atoms with Crippen LogP contribution < -0.4 is 0 Å². The lowest BCUT2D eigenvalue weighted by Gasteiger charge is -2.34. The Morgan fingerprint density at radius 2 is 1.86 bits per heavy atom. The Hall–Kier alpha value is -2.77. The molecule has 1 atom stereocenters. The number of hydrogen-bond acceptors (Lipinski definition) is 6. The molecule has 0 spiro atoms. The molecule has 0 aliphatic carbocycles.